The van der Waals surface area contributed by atoms with Crippen LogP contribution in [-0.2, 0) is 4.79 Å². The van der Waals surface area contributed by atoms with E-state index < -0.39 is 0 Å². The quantitative estimate of drug-likeness (QED) is 0.728. The minimum atomic E-state index is 0.0707. The number of carbonyl (C=O) groups excluding carboxylic acids is 1. The van der Waals surface area contributed by atoms with Gasteiger partial charge in [-0.1, -0.05) is 18.6 Å². The Bertz CT molecular complexity index is 377. The Kier molecular flexibility index (Phi) is 6.22. The first-order chi connectivity index (χ1) is 8.65. The number of nitrogens with zero attached hydrogens (tertiary/aromatic N) is 1. The van der Waals surface area contributed by atoms with Gasteiger partial charge in [0.05, 0.1) is 11.4 Å². The molecule has 0 fully saturated rings. The molecule has 0 atom stereocenters. The molecule has 4 nitrogen and oxygen atoms in total. The zero-order chi connectivity index (χ0) is 13.4. The Labute approximate surface area is 109 Å². The molecule has 0 aromatic heterocycles. The van der Waals surface area contributed by atoms with E-state index >= 15 is 0 Å². The van der Waals surface area contributed by atoms with Gasteiger partial charge in [-0.3, -0.25) is 4.79 Å². The molecule has 4 heteroatoms. The van der Waals surface area contributed by atoms with E-state index in [0.717, 1.165) is 30.6 Å². The van der Waals surface area contributed by atoms with Gasteiger partial charge >= 0.3 is 0 Å². The van der Waals surface area contributed by atoms with Crippen molar-refractivity contribution < 1.29 is 4.79 Å². The van der Waals surface area contributed by atoms with Crippen LogP contribution >= 0.6 is 0 Å². The fourth-order valence-corrected chi connectivity index (χ4v) is 1.79. The summed E-state index contributed by atoms with van der Waals surface area (Å²) in [7, 11) is 3.93. The van der Waals surface area contributed by atoms with Gasteiger partial charge in [-0.25, -0.2) is 0 Å². The van der Waals surface area contributed by atoms with Gasteiger partial charge in [-0.2, -0.15) is 0 Å². The number of benzene rings is 1. The number of nitrogens with two attached hydrogens (primary N) is 1. The van der Waals surface area contributed by atoms with Crippen LogP contribution in [0.15, 0.2) is 24.3 Å². The lowest BCUT2D eigenvalue weighted by Crippen LogP contribution is -2.16. The topological polar surface area (TPSA) is 58.4 Å². The van der Waals surface area contributed by atoms with Gasteiger partial charge in [0.15, 0.2) is 0 Å². The fourth-order valence-electron chi connectivity index (χ4n) is 1.79. The highest BCUT2D eigenvalue weighted by molar-refractivity contribution is 5.94. The molecule has 0 radical (unpaired) electrons. The first-order valence-electron chi connectivity index (χ1n) is 6.41. The molecule has 0 aliphatic rings. The molecule has 1 amide bonds. The highest BCUT2D eigenvalue weighted by atomic mass is 16.1. The van der Waals surface area contributed by atoms with Crippen molar-refractivity contribution in [1.29, 1.82) is 0 Å². The van der Waals surface area contributed by atoms with Crippen LogP contribution in [-0.4, -0.2) is 26.5 Å². The van der Waals surface area contributed by atoms with Crippen LogP contribution in [0.25, 0.3) is 0 Å². The molecule has 0 aliphatic carbocycles. The fraction of sp³-hybridized carbons (Fsp3) is 0.500. The van der Waals surface area contributed by atoms with Crippen molar-refractivity contribution in [1.82, 2.24) is 0 Å². The maximum atomic E-state index is 11.8. The van der Waals surface area contributed by atoms with E-state index in [-0.39, 0.29) is 5.91 Å². The predicted molar refractivity (Wildman–Crippen MR) is 76.9 cm³/mol. The number of unbranched alkanes of at least 4 members (excludes halogenated alkanes) is 2. The normalized spacial score (nSPS) is 10.2. The van der Waals surface area contributed by atoms with Crippen molar-refractivity contribution in [2.45, 2.75) is 25.7 Å². The molecule has 1 aromatic rings. The lowest BCUT2D eigenvalue weighted by Gasteiger charge is -2.17. The van der Waals surface area contributed by atoms with E-state index in [1.54, 1.807) is 0 Å². The molecule has 100 valence electrons. The second-order valence-corrected chi connectivity index (χ2v) is 4.56. The van der Waals surface area contributed by atoms with Crippen LogP contribution in [0.3, 0.4) is 0 Å². The van der Waals surface area contributed by atoms with Crippen molar-refractivity contribution in [3.63, 3.8) is 0 Å². The Balaban J connectivity index is 2.49. The molecule has 0 spiro atoms. The number of hydrogen-bond acceptors (Lipinski definition) is 3. The summed E-state index contributed by atoms with van der Waals surface area (Å²) in [6, 6.07) is 7.81. The molecule has 1 rings (SSSR count). The number of nitrogens with one attached hydrogen (secondary N) is 1. The van der Waals surface area contributed by atoms with Crippen LogP contribution in [0.5, 0.6) is 0 Å². The molecule has 0 unspecified atom stereocenters. The Morgan fingerprint density at radius 1 is 1.22 bits per heavy atom. The zero-order valence-corrected chi connectivity index (χ0v) is 11.3. The molecule has 1 aromatic carbocycles. The van der Waals surface area contributed by atoms with Gasteiger partial charge in [0.2, 0.25) is 5.91 Å². The average molecular weight is 249 g/mol. The summed E-state index contributed by atoms with van der Waals surface area (Å²) < 4.78 is 0. The molecule has 0 aliphatic heterocycles. The molecule has 0 heterocycles. The first kappa shape index (κ1) is 14.5. The second kappa shape index (κ2) is 7.71. The number of carbonyl (C=O) groups is 1. The summed E-state index contributed by atoms with van der Waals surface area (Å²) in [6.45, 7) is 0.699. The highest BCUT2D eigenvalue weighted by Gasteiger charge is 2.07. The third kappa shape index (κ3) is 4.75. The minimum Gasteiger partial charge on any atom is -0.376 e. The summed E-state index contributed by atoms with van der Waals surface area (Å²) in [5.74, 6) is 0.0707. The van der Waals surface area contributed by atoms with E-state index in [2.05, 4.69) is 5.32 Å². The third-order valence-electron chi connectivity index (χ3n) is 2.77. The summed E-state index contributed by atoms with van der Waals surface area (Å²) in [5, 5.41) is 2.96. The van der Waals surface area contributed by atoms with Gasteiger partial charge < -0.3 is 16.0 Å². The minimum absolute atomic E-state index is 0.0707. The molecule has 18 heavy (non-hydrogen) atoms. The Morgan fingerprint density at radius 2 is 1.94 bits per heavy atom. The second-order valence-electron chi connectivity index (χ2n) is 4.56. The van der Waals surface area contributed by atoms with E-state index in [1.165, 1.54) is 0 Å². The van der Waals surface area contributed by atoms with Crippen LogP contribution in [0.2, 0.25) is 0 Å². The van der Waals surface area contributed by atoms with E-state index in [1.807, 2.05) is 43.3 Å². The summed E-state index contributed by atoms with van der Waals surface area (Å²) in [5.41, 5.74) is 7.30. The maximum absolute atomic E-state index is 11.8. The van der Waals surface area contributed by atoms with Crippen molar-refractivity contribution in [3.05, 3.63) is 24.3 Å². The number of para-hydroxylation sites is 2. The van der Waals surface area contributed by atoms with Gasteiger partial charge in [-0.15, -0.1) is 0 Å². The van der Waals surface area contributed by atoms with Crippen LogP contribution < -0.4 is 16.0 Å². The number of anilines is 2. The molecular weight excluding hydrogens is 226 g/mol. The van der Waals surface area contributed by atoms with Crippen molar-refractivity contribution in [2.24, 2.45) is 5.73 Å². The monoisotopic (exact) mass is 249 g/mol. The lowest BCUT2D eigenvalue weighted by molar-refractivity contribution is -0.116. The molecular formula is C14H23N3O. The van der Waals surface area contributed by atoms with Crippen molar-refractivity contribution in [2.75, 3.05) is 30.9 Å². The van der Waals surface area contributed by atoms with Crippen molar-refractivity contribution in [3.8, 4) is 0 Å². The summed E-state index contributed by atoms with van der Waals surface area (Å²) in [6.07, 6.45) is 3.45. The summed E-state index contributed by atoms with van der Waals surface area (Å²) in [4.78, 5) is 13.8. The Morgan fingerprint density at radius 3 is 2.61 bits per heavy atom. The number of hydrogen-bond donors (Lipinski definition) is 2. The lowest BCUT2D eigenvalue weighted by atomic mass is 10.2. The zero-order valence-electron chi connectivity index (χ0n) is 11.3. The SMILES string of the molecule is CN(C)c1ccccc1NC(=O)CCCCCN. The van der Waals surface area contributed by atoms with Crippen molar-refractivity contribution >= 4 is 17.3 Å². The van der Waals surface area contributed by atoms with Crippen LogP contribution in [0.1, 0.15) is 25.7 Å². The van der Waals surface area contributed by atoms with E-state index in [0.29, 0.717) is 13.0 Å². The number of amides is 1. The molecule has 0 bridgehead atoms. The standard InChI is InChI=1S/C14H23N3O/c1-17(2)13-9-6-5-8-12(13)16-14(18)10-4-3-7-11-15/h5-6,8-9H,3-4,7,10-11,15H2,1-2H3,(H,16,18). The van der Waals surface area contributed by atoms with E-state index in [4.69, 9.17) is 5.73 Å². The average Bonchev–Trinajstić information content (AvgIpc) is 2.35. The summed E-state index contributed by atoms with van der Waals surface area (Å²) >= 11 is 0. The van der Waals surface area contributed by atoms with Crippen LogP contribution in [0, 0.1) is 0 Å². The van der Waals surface area contributed by atoms with Gasteiger partial charge in [0, 0.05) is 20.5 Å². The highest BCUT2D eigenvalue weighted by Crippen LogP contribution is 2.23. The smallest absolute Gasteiger partial charge is 0.224 e. The van der Waals surface area contributed by atoms with Crippen LogP contribution in [0.4, 0.5) is 11.4 Å². The first-order valence-corrected chi connectivity index (χ1v) is 6.41. The Hall–Kier alpha value is -1.55. The third-order valence-corrected chi connectivity index (χ3v) is 2.77. The molecule has 0 saturated carbocycles. The predicted octanol–water partition coefficient (Wildman–Crippen LogP) is 2.21. The van der Waals surface area contributed by atoms with Gasteiger partial charge in [-0.05, 0) is 31.5 Å². The van der Waals surface area contributed by atoms with E-state index in [9.17, 15) is 4.79 Å². The van der Waals surface area contributed by atoms with Gasteiger partial charge in [0.1, 0.15) is 0 Å². The maximum Gasteiger partial charge on any atom is 0.224 e. The molecule has 3 N–H and O–H groups in total. The molecule has 0 saturated heterocycles. The van der Waals surface area contributed by atoms with Gasteiger partial charge in [0.25, 0.3) is 0 Å². The largest absolute Gasteiger partial charge is 0.376 e. The number of rotatable bonds is 7.